The summed E-state index contributed by atoms with van der Waals surface area (Å²) in [7, 11) is 1.87. The largest absolute Gasteiger partial charge is 0.352 e. The molecule has 102 valence electrons. The summed E-state index contributed by atoms with van der Waals surface area (Å²) < 4.78 is 3.58. The number of carbonyl (C=O) groups is 1. The van der Waals surface area contributed by atoms with Gasteiger partial charge in [0, 0.05) is 50.2 Å². The van der Waals surface area contributed by atoms with Crippen molar-refractivity contribution in [3.63, 3.8) is 0 Å². The molecule has 0 aliphatic carbocycles. The maximum atomic E-state index is 11.8. The Morgan fingerprint density at radius 3 is 2.79 bits per heavy atom. The predicted octanol–water partition coefficient (Wildman–Crippen LogP) is 0.940. The maximum absolute atomic E-state index is 11.8. The normalized spacial score (nSPS) is 10.7. The van der Waals surface area contributed by atoms with Crippen LogP contribution < -0.4 is 5.32 Å². The first-order valence-corrected chi connectivity index (χ1v) is 6.30. The van der Waals surface area contributed by atoms with Gasteiger partial charge in [0.05, 0.1) is 5.69 Å². The third kappa shape index (κ3) is 3.43. The highest BCUT2D eigenvalue weighted by molar-refractivity contribution is 5.75. The van der Waals surface area contributed by atoms with E-state index >= 15 is 0 Å². The maximum Gasteiger partial charge on any atom is 0.222 e. The van der Waals surface area contributed by atoms with E-state index in [-0.39, 0.29) is 5.91 Å². The van der Waals surface area contributed by atoms with E-state index < -0.39 is 0 Å². The molecule has 6 nitrogen and oxygen atoms in total. The van der Waals surface area contributed by atoms with Crippen LogP contribution in [-0.4, -0.2) is 25.5 Å². The van der Waals surface area contributed by atoms with Gasteiger partial charge in [-0.15, -0.1) is 0 Å². The molecule has 6 heteroatoms. The molecule has 2 aromatic rings. The van der Waals surface area contributed by atoms with E-state index in [9.17, 15) is 4.79 Å². The van der Waals surface area contributed by atoms with Crippen LogP contribution in [-0.2, 0) is 24.9 Å². The Morgan fingerprint density at radius 1 is 1.42 bits per heavy atom. The third-order valence-corrected chi connectivity index (χ3v) is 3.07. The van der Waals surface area contributed by atoms with E-state index in [4.69, 9.17) is 0 Å². The van der Waals surface area contributed by atoms with E-state index in [0.29, 0.717) is 19.5 Å². The van der Waals surface area contributed by atoms with Crippen LogP contribution in [0.5, 0.6) is 0 Å². The topological polar surface area (TPSA) is 64.7 Å². The van der Waals surface area contributed by atoms with E-state index in [1.54, 1.807) is 10.9 Å². The highest BCUT2D eigenvalue weighted by Crippen LogP contribution is 2.04. The Balaban J connectivity index is 1.79. The quantitative estimate of drug-likeness (QED) is 0.871. The van der Waals surface area contributed by atoms with Crippen LogP contribution in [0.25, 0.3) is 0 Å². The van der Waals surface area contributed by atoms with Crippen molar-refractivity contribution in [1.82, 2.24) is 24.9 Å². The van der Waals surface area contributed by atoms with Crippen LogP contribution in [0.3, 0.4) is 0 Å². The standard InChI is InChI=1S/C13H19N5O/c1-10-4-6-15-18(10)7-5-13(19)14-8-12-9-17(3)16-11(12)2/h4,6,9H,5,7-8H2,1-3H3,(H,14,19). The predicted molar refractivity (Wildman–Crippen MR) is 71.4 cm³/mol. The van der Waals surface area contributed by atoms with Crippen molar-refractivity contribution in [1.29, 1.82) is 0 Å². The second kappa shape index (κ2) is 5.69. The van der Waals surface area contributed by atoms with Crippen LogP contribution in [0.1, 0.15) is 23.4 Å². The molecule has 1 N–H and O–H groups in total. The van der Waals surface area contributed by atoms with Crippen molar-refractivity contribution >= 4 is 5.91 Å². The van der Waals surface area contributed by atoms with Crippen molar-refractivity contribution in [2.75, 3.05) is 0 Å². The number of hydrogen-bond acceptors (Lipinski definition) is 3. The number of hydrogen-bond donors (Lipinski definition) is 1. The molecule has 0 atom stereocenters. The summed E-state index contributed by atoms with van der Waals surface area (Å²) >= 11 is 0. The number of nitrogens with zero attached hydrogens (tertiary/aromatic N) is 4. The van der Waals surface area contributed by atoms with Gasteiger partial charge in [0.25, 0.3) is 0 Å². The number of rotatable bonds is 5. The summed E-state index contributed by atoms with van der Waals surface area (Å²) in [5.41, 5.74) is 3.06. The van der Waals surface area contributed by atoms with Gasteiger partial charge < -0.3 is 5.32 Å². The minimum Gasteiger partial charge on any atom is -0.352 e. The summed E-state index contributed by atoms with van der Waals surface area (Å²) in [6.07, 6.45) is 4.10. The number of amides is 1. The van der Waals surface area contributed by atoms with E-state index in [1.807, 2.05) is 37.8 Å². The molecular formula is C13H19N5O. The SMILES string of the molecule is Cc1nn(C)cc1CNC(=O)CCn1nccc1C. The number of nitrogens with one attached hydrogen (secondary N) is 1. The average molecular weight is 261 g/mol. The van der Waals surface area contributed by atoms with Crippen molar-refractivity contribution < 1.29 is 4.79 Å². The van der Waals surface area contributed by atoms with E-state index in [2.05, 4.69) is 15.5 Å². The zero-order valence-electron chi connectivity index (χ0n) is 11.6. The summed E-state index contributed by atoms with van der Waals surface area (Å²) in [5.74, 6) is 0.0261. The van der Waals surface area contributed by atoms with Crippen molar-refractivity contribution in [3.05, 3.63) is 35.4 Å². The van der Waals surface area contributed by atoms with Crippen LogP contribution in [0.4, 0.5) is 0 Å². The van der Waals surface area contributed by atoms with Crippen molar-refractivity contribution in [3.8, 4) is 0 Å². The van der Waals surface area contributed by atoms with E-state index in [0.717, 1.165) is 17.0 Å². The molecule has 0 saturated carbocycles. The lowest BCUT2D eigenvalue weighted by molar-refractivity contribution is -0.121. The number of aromatic nitrogens is 4. The molecule has 0 aliphatic heterocycles. The van der Waals surface area contributed by atoms with Gasteiger partial charge in [-0.25, -0.2) is 0 Å². The molecule has 0 saturated heterocycles. The Bertz CT molecular complexity index is 569. The summed E-state index contributed by atoms with van der Waals surface area (Å²) in [5, 5.41) is 11.3. The molecule has 0 spiro atoms. The summed E-state index contributed by atoms with van der Waals surface area (Å²) in [6, 6.07) is 1.93. The first-order valence-electron chi connectivity index (χ1n) is 6.30. The zero-order valence-corrected chi connectivity index (χ0v) is 11.6. The van der Waals surface area contributed by atoms with Crippen LogP contribution in [0, 0.1) is 13.8 Å². The van der Waals surface area contributed by atoms with Gasteiger partial charge in [-0.05, 0) is 19.9 Å². The minimum absolute atomic E-state index is 0.0261. The van der Waals surface area contributed by atoms with Crippen molar-refractivity contribution in [2.24, 2.45) is 7.05 Å². The average Bonchev–Trinajstić information content (AvgIpc) is 2.90. The molecule has 0 aliphatic rings. The zero-order chi connectivity index (χ0) is 13.8. The number of aryl methyl sites for hydroxylation is 4. The van der Waals surface area contributed by atoms with Gasteiger partial charge in [-0.2, -0.15) is 10.2 Å². The fraction of sp³-hybridized carbons (Fsp3) is 0.462. The number of carbonyl (C=O) groups excluding carboxylic acids is 1. The molecule has 0 radical (unpaired) electrons. The molecular weight excluding hydrogens is 242 g/mol. The highest BCUT2D eigenvalue weighted by Gasteiger charge is 2.06. The summed E-state index contributed by atoms with van der Waals surface area (Å²) in [4.78, 5) is 11.8. The Hall–Kier alpha value is -2.11. The molecule has 0 aromatic carbocycles. The van der Waals surface area contributed by atoms with Crippen LogP contribution in [0.15, 0.2) is 18.5 Å². The molecule has 2 rings (SSSR count). The first-order chi connectivity index (χ1) is 9.06. The third-order valence-electron chi connectivity index (χ3n) is 3.07. The Morgan fingerprint density at radius 2 is 2.21 bits per heavy atom. The van der Waals surface area contributed by atoms with Gasteiger partial charge in [-0.3, -0.25) is 14.2 Å². The molecule has 0 bridgehead atoms. The van der Waals surface area contributed by atoms with Crippen LogP contribution in [0.2, 0.25) is 0 Å². The monoisotopic (exact) mass is 261 g/mol. The van der Waals surface area contributed by atoms with Crippen molar-refractivity contribution in [2.45, 2.75) is 33.4 Å². The molecule has 2 heterocycles. The fourth-order valence-corrected chi connectivity index (χ4v) is 1.94. The van der Waals surface area contributed by atoms with Crippen LogP contribution >= 0.6 is 0 Å². The van der Waals surface area contributed by atoms with E-state index in [1.165, 1.54) is 0 Å². The second-order valence-electron chi connectivity index (χ2n) is 4.64. The second-order valence-corrected chi connectivity index (χ2v) is 4.64. The van der Waals surface area contributed by atoms with Gasteiger partial charge in [0.2, 0.25) is 5.91 Å². The van der Waals surface area contributed by atoms with Gasteiger partial charge in [0.1, 0.15) is 0 Å². The van der Waals surface area contributed by atoms with Gasteiger partial charge in [-0.1, -0.05) is 0 Å². The fourth-order valence-electron chi connectivity index (χ4n) is 1.94. The van der Waals surface area contributed by atoms with Gasteiger partial charge >= 0.3 is 0 Å². The molecule has 0 unspecified atom stereocenters. The highest BCUT2D eigenvalue weighted by atomic mass is 16.1. The minimum atomic E-state index is 0.0261. The Kier molecular flexibility index (Phi) is 3.99. The lowest BCUT2D eigenvalue weighted by atomic mass is 10.2. The Labute approximate surface area is 112 Å². The molecule has 19 heavy (non-hydrogen) atoms. The summed E-state index contributed by atoms with van der Waals surface area (Å²) in [6.45, 7) is 5.05. The molecule has 1 amide bonds. The lowest BCUT2D eigenvalue weighted by Crippen LogP contribution is -2.24. The smallest absolute Gasteiger partial charge is 0.222 e. The van der Waals surface area contributed by atoms with Gasteiger partial charge in [0.15, 0.2) is 0 Å². The first kappa shape index (κ1) is 13.3. The molecule has 2 aromatic heterocycles. The molecule has 0 fully saturated rings. The lowest BCUT2D eigenvalue weighted by Gasteiger charge is -2.06.